The molecule has 0 saturated heterocycles. The first-order chi connectivity index (χ1) is 17.1. The largest absolute Gasteiger partial charge is 0.393 e. The number of carbonyl (C=O) groups is 1. The minimum atomic E-state index is -1.63. The zero-order valence-corrected chi connectivity index (χ0v) is 21.5. The van der Waals surface area contributed by atoms with Gasteiger partial charge in [0.15, 0.2) is 5.78 Å². The van der Waals surface area contributed by atoms with Crippen LogP contribution in [0.1, 0.15) is 51.8 Å². The predicted octanol–water partition coefficient (Wildman–Crippen LogP) is 3.73. The van der Waals surface area contributed by atoms with Gasteiger partial charge in [0.1, 0.15) is 12.2 Å². The van der Waals surface area contributed by atoms with Crippen LogP contribution in [0.3, 0.4) is 0 Å². The zero-order chi connectivity index (χ0) is 25.6. The number of ketones is 1. The number of benzene rings is 1. The van der Waals surface area contributed by atoms with Crippen LogP contribution < -0.4 is 0 Å². The molecule has 2 fully saturated rings. The molecule has 190 valence electrons. The average molecular weight is 489 g/mol. The molecular weight excluding hydrogens is 452 g/mol. The fourth-order valence-electron chi connectivity index (χ4n) is 8.89. The van der Waals surface area contributed by atoms with E-state index >= 15 is 0 Å². The summed E-state index contributed by atoms with van der Waals surface area (Å²) in [6.07, 6.45) is 7.65. The van der Waals surface area contributed by atoms with Gasteiger partial charge in [-0.1, -0.05) is 50.6 Å². The van der Waals surface area contributed by atoms with Crippen molar-refractivity contribution in [3.63, 3.8) is 0 Å². The number of rotatable bonds is 3. The Kier molecular flexibility index (Phi) is 5.12. The molecule has 2 saturated carbocycles. The van der Waals surface area contributed by atoms with E-state index in [0.717, 1.165) is 17.8 Å². The number of Topliss-reactive ketones (excluding diaryl/α,β-unsaturated/α-hetero) is 1. The monoisotopic (exact) mass is 488 g/mol. The Labute approximate surface area is 212 Å². The standard InChI is InChI=1S/C30H36N2O4/c1-17-10-21-23-11-18(2)30(36,26(35)16-33)29(23,4)14-25(34)27(21)28(3)13-19-15-31-32(24(19)12-22(17)28)20-8-6-5-7-9-20/h5-10,12,15,18,21,23,25,27,33-34,36H,11,13-14,16H2,1-4H3/t18?,21-,23-,25-,27+,28-,29-,30-/m0/s1. The molecule has 0 aliphatic heterocycles. The van der Waals surface area contributed by atoms with Crippen molar-refractivity contribution in [1.29, 1.82) is 0 Å². The summed E-state index contributed by atoms with van der Waals surface area (Å²) < 4.78 is 1.99. The lowest BCUT2D eigenvalue weighted by molar-refractivity contribution is -0.179. The number of nitrogens with zero attached hydrogens (tertiary/aromatic N) is 2. The van der Waals surface area contributed by atoms with Crippen LogP contribution in [0, 0.1) is 34.5 Å². The molecule has 8 atom stereocenters. The molecule has 0 spiro atoms. The summed E-state index contributed by atoms with van der Waals surface area (Å²) in [5.74, 6) is -0.751. The number of carbonyl (C=O) groups excluding carboxylic acids is 1. The van der Waals surface area contributed by atoms with Crippen LogP contribution in [0.4, 0.5) is 0 Å². The van der Waals surface area contributed by atoms with Gasteiger partial charge in [-0.25, -0.2) is 4.68 Å². The van der Waals surface area contributed by atoms with Crippen LogP contribution in [-0.2, 0) is 11.2 Å². The molecular formula is C30H36N2O4. The Morgan fingerprint density at radius 1 is 1.22 bits per heavy atom. The number of para-hydroxylation sites is 1. The van der Waals surface area contributed by atoms with Crippen LogP contribution in [0.2, 0.25) is 0 Å². The van der Waals surface area contributed by atoms with Crippen molar-refractivity contribution in [2.45, 2.75) is 58.7 Å². The highest BCUT2D eigenvalue weighted by Gasteiger charge is 2.70. The minimum absolute atomic E-state index is 0.0301. The molecule has 1 aromatic heterocycles. The third-order valence-corrected chi connectivity index (χ3v) is 10.4. The van der Waals surface area contributed by atoms with E-state index < -0.39 is 29.5 Å². The molecule has 4 aliphatic rings. The molecule has 0 bridgehead atoms. The molecule has 3 N–H and O–H groups in total. The van der Waals surface area contributed by atoms with E-state index in [2.05, 4.69) is 38.1 Å². The van der Waals surface area contributed by atoms with Crippen LogP contribution >= 0.6 is 0 Å². The summed E-state index contributed by atoms with van der Waals surface area (Å²) in [5, 5.41) is 37.9. The van der Waals surface area contributed by atoms with Gasteiger partial charge in [-0.05, 0) is 73.3 Å². The Morgan fingerprint density at radius 3 is 2.64 bits per heavy atom. The Balaban J connectivity index is 1.46. The number of allylic oxidation sites excluding steroid dienone is 3. The molecule has 1 aromatic carbocycles. The third kappa shape index (κ3) is 2.84. The molecule has 6 nitrogen and oxygen atoms in total. The first-order valence-corrected chi connectivity index (χ1v) is 13.1. The molecule has 2 aromatic rings. The summed E-state index contributed by atoms with van der Waals surface area (Å²) in [6.45, 7) is 7.60. The minimum Gasteiger partial charge on any atom is -0.393 e. The lowest BCUT2D eigenvalue weighted by atomic mass is 9.46. The van der Waals surface area contributed by atoms with E-state index in [1.54, 1.807) is 0 Å². The number of hydrogen-bond donors (Lipinski definition) is 3. The van der Waals surface area contributed by atoms with Crippen molar-refractivity contribution in [3.8, 4) is 5.69 Å². The molecule has 36 heavy (non-hydrogen) atoms. The van der Waals surface area contributed by atoms with Crippen molar-refractivity contribution >= 4 is 11.9 Å². The Hall–Kier alpha value is -2.54. The van der Waals surface area contributed by atoms with Gasteiger partial charge in [0.25, 0.3) is 0 Å². The summed E-state index contributed by atoms with van der Waals surface area (Å²) in [4.78, 5) is 12.9. The summed E-state index contributed by atoms with van der Waals surface area (Å²) in [5.41, 5.74) is 3.01. The normalized spacial score (nSPS) is 40.9. The Morgan fingerprint density at radius 2 is 1.94 bits per heavy atom. The van der Waals surface area contributed by atoms with Crippen molar-refractivity contribution in [2.75, 3.05) is 6.61 Å². The highest BCUT2D eigenvalue weighted by Crippen LogP contribution is 2.68. The van der Waals surface area contributed by atoms with Crippen LogP contribution in [0.15, 0.2) is 53.8 Å². The number of aliphatic hydroxyl groups excluding tert-OH is 2. The highest BCUT2D eigenvalue weighted by molar-refractivity contribution is 5.90. The van der Waals surface area contributed by atoms with Gasteiger partial charge in [-0.15, -0.1) is 0 Å². The van der Waals surface area contributed by atoms with E-state index in [1.807, 2.05) is 42.9 Å². The van der Waals surface area contributed by atoms with E-state index in [-0.39, 0.29) is 29.1 Å². The Bertz CT molecular complexity index is 1300. The van der Waals surface area contributed by atoms with E-state index in [9.17, 15) is 20.1 Å². The number of aromatic nitrogens is 2. The van der Waals surface area contributed by atoms with Crippen LogP contribution in [0.25, 0.3) is 11.8 Å². The first kappa shape index (κ1) is 23.8. The predicted molar refractivity (Wildman–Crippen MR) is 137 cm³/mol. The smallest absolute Gasteiger partial charge is 0.190 e. The maximum absolute atomic E-state index is 12.9. The van der Waals surface area contributed by atoms with Gasteiger partial charge in [-0.2, -0.15) is 5.10 Å². The van der Waals surface area contributed by atoms with Gasteiger partial charge in [0, 0.05) is 16.7 Å². The number of fused-ring (bicyclic) bond motifs is 6. The highest BCUT2D eigenvalue weighted by atomic mass is 16.3. The van der Waals surface area contributed by atoms with Gasteiger partial charge >= 0.3 is 0 Å². The van der Waals surface area contributed by atoms with Crippen LogP contribution in [-0.4, -0.2) is 49.2 Å². The number of aliphatic hydroxyl groups is 3. The van der Waals surface area contributed by atoms with Crippen molar-refractivity contribution < 1.29 is 20.1 Å². The fraction of sp³-hybridized carbons (Fsp3) is 0.533. The average Bonchev–Trinajstić information content (AvgIpc) is 3.34. The summed E-state index contributed by atoms with van der Waals surface area (Å²) in [7, 11) is 0. The van der Waals surface area contributed by atoms with Crippen molar-refractivity contribution in [2.24, 2.45) is 34.5 Å². The molecule has 0 amide bonds. The molecule has 4 aliphatic carbocycles. The maximum Gasteiger partial charge on any atom is 0.190 e. The van der Waals surface area contributed by atoms with Crippen LogP contribution in [0.5, 0.6) is 0 Å². The third-order valence-electron chi connectivity index (χ3n) is 10.4. The molecule has 1 heterocycles. The lowest BCUT2D eigenvalue weighted by Gasteiger charge is -2.59. The SMILES string of the molecule is CC1=C[C@@H]2[C@H]([C@@H](O)C[C@@]3(C)[C@H]2CC(C)[C@]3(O)C(=O)CO)[C@@]2(C)Cc3cnn(-c4ccccc4)c3C=C12. The lowest BCUT2D eigenvalue weighted by Crippen LogP contribution is -2.62. The van der Waals surface area contributed by atoms with E-state index in [1.165, 1.54) is 16.7 Å². The fourth-order valence-corrected chi connectivity index (χ4v) is 8.89. The topological polar surface area (TPSA) is 95.6 Å². The van der Waals surface area contributed by atoms with Gasteiger partial charge in [0.05, 0.1) is 23.7 Å². The molecule has 6 heteroatoms. The zero-order valence-electron chi connectivity index (χ0n) is 21.5. The van der Waals surface area contributed by atoms with Crippen molar-refractivity contribution in [3.05, 3.63) is 65.0 Å². The maximum atomic E-state index is 12.9. The second kappa shape index (κ2) is 7.73. The first-order valence-electron chi connectivity index (χ1n) is 13.1. The van der Waals surface area contributed by atoms with E-state index in [4.69, 9.17) is 5.10 Å². The van der Waals surface area contributed by atoms with Gasteiger partial charge in [-0.3, -0.25) is 4.79 Å². The summed E-state index contributed by atoms with van der Waals surface area (Å²) in [6, 6.07) is 10.1. The number of hydrogen-bond acceptors (Lipinski definition) is 5. The van der Waals surface area contributed by atoms with Crippen molar-refractivity contribution in [1.82, 2.24) is 9.78 Å². The molecule has 0 radical (unpaired) electrons. The van der Waals surface area contributed by atoms with Gasteiger partial charge < -0.3 is 15.3 Å². The summed E-state index contributed by atoms with van der Waals surface area (Å²) >= 11 is 0. The second-order valence-electron chi connectivity index (χ2n) is 12.2. The second-order valence-corrected chi connectivity index (χ2v) is 12.2. The van der Waals surface area contributed by atoms with Gasteiger partial charge in [0.2, 0.25) is 0 Å². The quantitative estimate of drug-likeness (QED) is 0.612. The molecule has 6 rings (SSSR count). The van der Waals surface area contributed by atoms with E-state index in [0.29, 0.717) is 12.8 Å². The molecule has 1 unspecified atom stereocenters.